The molecule has 0 aliphatic carbocycles. The van der Waals surface area contributed by atoms with Gasteiger partial charge in [0, 0.05) is 25.7 Å². The van der Waals surface area contributed by atoms with Crippen LogP contribution in [0.3, 0.4) is 0 Å². The fourth-order valence-electron chi connectivity index (χ4n) is 1.98. The molecule has 1 aromatic carbocycles. The maximum Gasteiger partial charge on any atom is 0.243 e. The summed E-state index contributed by atoms with van der Waals surface area (Å²) in [7, 11) is -3.36. The Morgan fingerprint density at radius 3 is 2.67 bits per heavy atom. The Labute approximate surface area is 108 Å². The quantitative estimate of drug-likeness (QED) is 0.859. The Morgan fingerprint density at radius 2 is 2.00 bits per heavy atom. The summed E-state index contributed by atoms with van der Waals surface area (Å²) in [4.78, 5) is 0.291. The van der Waals surface area contributed by atoms with Crippen LogP contribution in [0.1, 0.15) is 12.8 Å². The van der Waals surface area contributed by atoms with E-state index in [0.29, 0.717) is 36.9 Å². The number of hydrogen-bond donors (Lipinski definition) is 1. The van der Waals surface area contributed by atoms with Crippen LogP contribution in [-0.2, 0) is 10.0 Å². The molecule has 1 saturated heterocycles. The molecule has 0 atom stereocenters. The number of nitrogens with two attached hydrogens (primary N) is 1. The predicted molar refractivity (Wildman–Crippen MR) is 69.0 cm³/mol. The van der Waals surface area contributed by atoms with Gasteiger partial charge in [0.2, 0.25) is 10.0 Å². The van der Waals surface area contributed by atoms with Crippen LogP contribution < -0.4 is 10.5 Å². The van der Waals surface area contributed by atoms with Gasteiger partial charge < -0.3 is 10.5 Å². The molecule has 1 aliphatic heterocycles. The molecular weight excluding hydrogens is 252 g/mol. The van der Waals surface area contributed by atoms with E-state index < -0.39 is 10.0 Å². The lowest BCUT2D eigenvalue weighted by Crippen LogP contribution is -2.27. The molecule has 0 amide bonds. The van der Waals surface area contributed by atoms with Gasteiger partial charge in [-0.1, -0.05) is 6.07 Å². The van der Waals surface area contributed by atoms with E-state index in [1.54, 1.807) is 24.3 Å². The average Bonchev–Trinajstić information content (AvgIpc) is 2.91. The van der Waals surface area contributed by atoms with Crippen LogP contribution in [0.5, 0.6) is 5.75 Å². The molecule has 1 fully saturated rings. The van der Waals surface area contributed by atoms with Gasteiger partial charge in [0.05, 0.1) is 4.90 Å². The molecule has 6 heteroatoms. The molecular formula is C12H18N2O3S. The fourth-order valence-corrected chi connectivity index (χ4v) is 3.53. The van der Waals surface area contributed by atoms with E-state index in [2.05, 4.69) is 0 Å². The molecule has 2 rings (SSSR count). The zero-order valence-electron chi connectivity index (χ0n) is 10.2. The van der Waals surface area contributed by atoms with E-state index in [9.17, 15) is 8.42 Å². The highest BCUT2D eigenvalue weighted by molar-refractivity contribution is 7.89. The summed E-state index contributed by atoms with van der Waals surface area (Å²) in [5.41, 5.74) is 5.35. The topological polar surface area (TPSA) is 72.6 Å². The van der Waals surface area contributed by atoms with Crippen LogP contribution in [0.4, 0.5) is 0 Å². The maximum absolute atomic E-state index is 12.3. The molecule has 0 radical (unpaired) electrons. The minimum absolute atomic E-state index is 0.291. The molecule has 0 bridgehead atoms. The number of rotatable bonds is 5. The van der Waals surface area contributed by atoms with E-state index >= 15 is 0 Å². The van der Waals surface area contributed by atoms with Crippen molar-refractivity contribution in [2.24, 2.45) is 5.73 Å². The molecule has 2 N–H and O–H groups in total. The summed E-state index contributed by atoms with van der Waals surface area (Å²) in [6.07, 6.45) is 1.87. The molecule has 5 nitrogen and oxygen atoms in total. The normalized spacial score (nSPS) is 16.9. The monoisotopic (exact) mass is 270 g/mol. The molecule has 100 valence electrons. The number of nitrogens with zero attached hydrogens (tertiary/aromatic N) is 1. The fraction of sp³-hybridized carbons (Fsp3) is 0.500. The second kappa shape index (κ2) is 5.69. The molecule has 1 heterocycles. The zero-order valence-corrected chi connectivity index (χ0v) is 11.0. The van der Waals surface area contributed by atoms with Crippen molar-refractivity contribution < 1.29 is 13.2 Å². The first-order chi connectivity index (χ1) is 8.64. The first kappa shape index (κ1) is 13.3. The van der Waals surface area contributed by atoms with Gasteiger partial charge in [-0.3, -0.25) is 0 Å². The van der Waals surface area contributed by atoms with Gasteiger partial charge in [-0.15, -0.1) is 0 Å². The minimum Gasteiger partial charge on any atom is -0.492 e. The summed E-state index contributed by atoms with van der Waals surface area (Å²) in [6, 6.07) is 6.58. The van der Waals surface area contributed by atoms with Crippen LogP contribution in [0.2, 0.25) is 0 Å². The van der Waals surface area contributed by atoms with Crippen molar-refractivity contribution >= 4 is 10.0 Å². The third-order valence-corrected chi connectivity index (χ3v) is 4.79. The SMILES string of the molecule is NCCOc1cccc(S(=O)(=O)N2CCCC2)c1. The van der Waals surface area contributed by atoms with Gasteiger partial charge in [-0.2, -0.15) is 4.31 Å². The number of sulfonamides is 1. The molecule has 0 aromatic heterocycles. The molecule has 0 unspecified atom stereocenters. The van der Waals surface area contributed by atoms with Crippen LogP contribution >= 0.6 is 0 Å². The van der Waals surface area contributed by atoms with Crippen LogP contribution in [-0.4, -0.2) is 39.0 Å². The molecule has 0 saturated carbocycles. The van der Waals surface area contributed by atoms with Gasteiger partial charge in [0.1, 0.15) is 12.4 Å². The Balaban J connectivity index is 2.21. The largest absolute Gasteiger partial charge is 0.492 e. The van der Waals surface area contributed by atoms with Gasteiger partial charge in [-0.25, -0.2) is 8.42 Å². The lowest BCUT2D eigenvalue weighted by Gasteiger charge is -2.16. The van der Waals surface area contributed by atoms with Crippen molar-refractivity contribution in [3.8, 4) is 5.75 Å². The van der Waals surface area contributed by atoms with E-state index in [-0.39, 0.29) is 0 Å². The highest BCUT2D eigenvalue weighted by atomic mass is 32.2. The second-order valence-corrected chi connectivity index (χ2v) is 6.16. The summed E-state index contributed by atoms with van der Waals surface area (Å²) in [5, 5.41) is 0. The third-order valence-electron chi connectivity index (χ3n) is 2.89. The van der Waals surface area contributed by atoms with E-state index in [1.807, 2.05) is 0 Å². The van der Waals surface area contributed by atoms with Gasteiger partial charge in [0.15, 0.2) is 0 Å². The Kier molecular flexibility index (Phi) is 4.21. The van der Waals surface area contributed by atoms with E-state index in [0.717, 1.165) is 12.8 Å². The standard InChI is InChI=1S/C12H18N2O3S/c13-6-9-17-11-4-3-5-12(10-11)18(15,16)14-7-1-2-8-14/h3-5,10H,1-2,6-9,13H2. The lowest BCUT2D eigenvalue weighted by atomic mass is 10.3. The van der Waals surface area contributed by atoms with Crippen molar-refractivity contribution in [1.29, 1.82) is 0 Å². The van der Waals surface area contributed by atoms with Crippen molar-refractivity contribution in [3.63, 3.8) is 0 Å². The second-order valence-electron chi connectivity index (χ2n) is 4.22. The number of hydrogen-bond acceptors (Lipinski definition) is 4. The maximum atomic E-state index is 12.3. The highest BCUT2D eigenvalue weighted by Gasteiger charge is 2.27. The lowest BCUT2D eigenvalue weighted by molar-refractivity contribution is 0.327. The highest BCUT2D eigenvalue weighted by Crippen LogP contribution is 2.23. The summed E-state index contributed by atoms with van der Waals surface area (Å²) in [6.45, 7) is 2.00. The van der Waals surface area contributed by atoms with E-state index in [4.69, 9.17) is 10.5 Å². The molecule has 1 aliphatic rings. The zero-order chi connectivity index (χ0) is 13.0. The summed E-state index contributed by atoms with van der Waals surface area (Å²) < 4.78 is 31.5. The minimum atomic E-state index is -3.36. The first-order valence-corrected chi connectivity index (χ1v) is 7.51. The van der Waals surface area contributed by atoms with Crippen molar-refractivity contribution in [2.45, 2.75) is 17.7 Å². The van der Waals surface area contributed by atoms with Gasteiger partial charge >= 0.3 is 0 Å². The van der Waals surface area contributed by atoms with Crippen molar-refractivity contribution in [2.75, 3.05) is 26.2 Å². The first-order valence-electron chi connectivity index (χ1n) is 6.07. The molecule has 18 heavy (non-hydrogen) atoms. The number of benzene rings is 1. The van der Waals surface area contributed by atoms with Crippen LogP contribution in [0.25, 0.3) is 0 Å². The molecule has 1 aromatic rings. The number of ether oxygens (including phenoxy) is 1. The van der Waals surface area contributed by atoms with Crippen LogP contribution in [0.15, 0.2) is 29.2 Å². The van der Waals surface area contributed by atoms with E-state index in [1.165, 1.54) is 4.31 Å². The van der Waals surface area contributed by atoms with Gasteiger partial charge in [-0.05, 0) is 25.0 Å². The summed E-state index contributed by atoms with van der Waals surface area (Å²) in [5.74, 6) is 0.542. The summed E-state index contributed by atoms with van der Waals surface area (Å²) >= 11 is 0. The van der Waals surface area contributed by atoms with Crippen molar-refractivity contribution in [1.82, 2.24) is 4.31 Å². The Bertz CT molecular complexity index is 496. The third kappa shape index (κ3) is 2.82. The molecule has 0 spiro atoms. The predicted octanol–water partition coefficient (Wildman–Crippen LogP) is 0.809. The Hall–Kier alpha value is -1.11. The van der Waals surface area contributed by atoms with Crippen molar-refractivity contribution in [3.05, 3.63) is 24.3 Å². The smallest absolute Gasteiger partial charge is 0.243 e. The Morgan fingerprint density at radius 1 is 1.28 bits per heavy atom. The van der Waals surface area contributed by atoms with Gasteiger partial charge in [0.25, 0.3) is 0 Å². The average molecular weight is 270 g/mol. The van der Waals surface area contributed by atoms with Crippen LogP contribution in [0, 0.1) is 0 Å².